The standard InChI is InChI=1S/C25H23N7/c1-17-23-20(24-29-28-22-12-6-3-7-14-31(22)24)15-21(18-9-8-13-26-16-18)27-25(23)32(30-17)19-10-4-2-5-11-19/h2,4-5,8-11,13,15-16H,3,6-7,12,14H2,1H3. The molecule has 6 rings (SSSR count). The quantitative estimate of drug-likeness (QED) is 0.419. The maximum Gasteiger partial charge on any atom is 0.164 e. The van der Waals surface area contributed by atoms with Gasteiger partial charge in [0, 0.05) is 36.5 Å². The Morgan fingerprint density at radius 3 is 2.69 bits per heavy atom. The van der Waals surface area contributed by atoms with Gasteiger partial charge in [-0.2, -0.15) is 5.10 Å². The second-order valence-corrected chi connectivity index (χ2v) is 8.23. The Morgan fingerprint density at radius 2 is 1.84 bits per heavy atom. The van der Waals surface area contributed by atoms with Crippen LogP contribution in [0.5, 0.6) is 0 Å². The molecule has 7 heteroatoms. The lowest BCUT2D eigenvalue weighted by molar-refractivity contribution is 0.637. The summed E-state index contributed by atoms with van der Waals surface area (Å²) >= 11 is 0. The van der Waals surface area contributed by atoms with Gasteiger partial charge in [0.05, 0.1) is 22.5 Å². The number of aryl methyl sites for hydroxylation is 2. The van der Waals surface area contributed by atoms with Crippen molar-refractivity contribution in [2.24, 2.45) is 0 Å². The van der Waals surface area contributed by atoms with Crippen LogP contribution < -0.4 is 0 Å². The number of hydrogen-bond acceptors (Lipinski definition) is 5. The highest BCUT2D eigenvalue weighted by atomic mass is 15.3. The third-order valence-corrected chi connectivity index (χ3v) is 6.12. The molecule has 0 radical (unpaired) electrons. The van der Waals surface area contributed by atoms with Crippen molar-refractivity contribution in [3.05, 3.63) is 72.4 Å². The van der Waals surface area contributed by atoms with Gasteiger partial charge in [-0.25, -0.2) is 9.67 Å². The molecule has 1 aliphatic rings. The zero-order valence-corrected chi connectivity index (χ0v) is 17.9. The molecule has 0 unspecified atom stereocenters. The van der Waals surface area contributed by atoms with Crippen molar-refractivity contribution in [1.29, 1.82) is 0 Å². The largest absolute Gasteiger partial charge is 0.311 e. The molecule has 32 heavy (non-hydrogen) atoms. The van der Waals surface area contributed by atoms with Crippen LogP contribution in [-0.2, 0) is 13.0 Å². The number of rotatable bonds is 3. The van der Waals surface area contributed by atoms with Gasteiger partial charge in [0.1, 0.15) is 5.82 Å². The number of nitrogens with zero attached hydrogens (tertiary/aromatic N) is 7. The summed E-state index contributed by atoms with van der Waals surface area (Å²) in [6.45, 7) is 2.98. The van der Waals surface area contributed by atoms with Gasteiger partial charge >= 0.3 is 0 Å². The minimum Gasteiger partial charge on any atom is -0.311 e. The molecule has 0 saturated heterocycles. The van der Waals surface area contributed by atoms with Crippen LogP contribution in [0, 0.1) is 6.92 Å². The topological polar surface area (TPSA) is 74.3 Å². The van der Waals surface area contributed by atoms with Crippen molar-refractivity contribution < 1.29 is 0 Å². The number of pyridine rings is 2. The normalized spacial score (nSPS) is 13.8. The number of hydrogen-bond donors (Lipinski definition) is 0. The fourth-order valence-electron chi connectivity index (χ4n) is 4.56. The summed E-state index contributed by atoms with van der Waals surface area (Å²) in [5, 5.41) is 15.1. The summed E-state index contributed by atoms with van der Waals surface area (Å²) < 4.78 is 4.21. The highest BCUT2D eigenvalue weighted by molar-refractivity contribution is 5.96. The predicted molar refractivity (Wildman–Crippen MR) is 123 cm³/mol. The van der Waals surface area contributed by atoms with Crippen molar-refractivity contribution in [2.45, 2.75) is 39.2 Å². The van der Waals surface area contributed by atoms with Crippen LogP contribution in [-0.4, -0.2) is 34.5 Å². The molecule has 0 bridgehead atoms. The van der Waals surface area contributed by atoms with Gasteiger partial charge in [0.25, 0.3) is 0 Å². The molecule has 0 saturated carbocycles. The Bertz CT molecular complexity index is 1400. The molecule has 0 aliphatic carbocycles. The van der Waals surface area contributed by atoms with Crippen molar-refractivity contribution in [3.8, 4) is 28.3 Å². The van der Waals surface area contributed by atoms with Crippen LogP contribution in [0.3, 0.4) is 0 Å². The minimum absolute atomic E-state index is 0.816. The molecule has 158 valence electrons. The third kappa shape index (κ3) is 3.09. The third-order valence-electron chi connectivity index (χ3n) is 6.12. The first-order chi connectivity index (χ1) is 15.8. The Morgan fingerprint density at radius 1 is 0.938 bits per heavy atom. The summed E-state index contributed by atoms with van der Waals surface area (Å²) in [6.07, 6.45) is 8.12. The average molecular weight is 422 g/mol. The molecule has 0 atom stereocenters. The van der Waals surface area contributed by atoms with Crippen molar-refractivity contribution >= 4 is 11.0 Å². The number of fused-ring (bicyclic) bond motifs is 2. The highest BCUT2D eigenvalue weighted by Crippen LogP contribution is 2.35. The summed E-state index contributed by atoms with van der Waals surface area (Å²) in [7, 11) is 0. The van der Waals surface area contributed by atoms with E-state index in [9.17, 15) is 0 Å². The molecular weight excluding hydrogens is 398 g/mol. The first-order valence-corrected chi connectivity index (χ1v) is 11.1. The van der Waals surface area contributed by atoms with Gasteiger partial charge in [-0.1, -0.05) is 24.6 Å². The van der Waals surface area contributed by atoms with E-state index in [1.807, 2.05) is 60.3 Å². The smallest absolute Gasteiger partial charge is 0.164 e. The van der Waals surface area contributed by atoms with E-state index in [4.69, 9.17) is 10.1 Å². The molecule has 7 nitrogen and oxygen atoms in total. The van der Waals surface area contributed by atoms with Crippen LogP contribution in [0.25, 0.3) is 39.4 Å². The second-order valence-electron chi connectivity index (χ2n) is 8.23. The van der Waals surface area contributed by atoms with Crippen LogP contribution in [0.4, 0.5) is 0 Å². The monoisotopic (exact) mass is 421 g/mol. The second kappa shape index (κ2) is 7.67. The Hall–Kier alpha value is -3.87. The van der Waals surface area contributed by atoms with E-state index >= 15 is 0 Å². The summed E-state index contributed by atoms with van der Waals surface area (Å²) in [5.41, 5.74) is 5.56. The number of benzene rings is 1. The molecule has 1 aliphatic heterocycles. The maximum absolute atomic E-state index is 5.05. The van der Waals surface area contributed by atoms with Crippen LogP contribution in [0.1, 0.15) is 30.8 Å². The van der Waals surface area contributed by atoms with E-state index < -0.39 is 0 Å². The molecule has 5 heterocycles. The van der Waals surface area contributed by atoms with Gasteiger partial charge in [0.2, 0.25) is 0 Å². The van der Waals surface area contributed by atoms with Crippen LogP contribution in [0.2, 0.25) is 0 Å². The van der Waals surface area contributed by atoms with Gasteiger partial charge < -0.3 is 4.57 Å². The highest BCUT2D eigenvalue weighted by Gasteiger charge is 2.23. The SMILES string of the molecule is Cc1nn(-c2ccccc2)c2nc(-c3cccnc3)cc(-c3nnc4n3CCCCC4)c12. The summed E-state index contributed by atoms with van der Waals surface area (Å²) in [5.74, 6) is 1.97. The Kier molecular flexibility index (Phi) is 4.52. The van der Waals surface area contributed by atoms with Gasteiger partial charge in [-0.15, -0.1) is 10.2 Å². The summed E-state index contributed by atoms with van der Waals surface area (Å²) in [6, 6.07) is 16.2. The fourth-order valence-corrected chi connectivity index (χ4v) is 4.56. The molecule has 0 amide bonds. The maximum atomic E-state index is 5.05. The number of para-hydroxylation sites is 1. The molecule has 4 aromatic heterocycles. The van der Waals surface area contributed by atoms with Gasteiger partial charge in [0.15, 0.2) is 11.5 Å². The van der Waals surface area contributed by atoms with Crippen molar-refractivity contribution in [1.82, 2.24) is 34.5 Å². The first-order valence-electron chi connectivity index (χ1n) is 11.1. The van der Waals surface area contributed by atoms with E-state index in [0.29, 0.717) is 0 Å². The van der Waals surface area contributed by atoms with Gasteiger partial charge in [-0.05, 0) is 50.1 Å². The predicted octanol–water partition coefficient (Wildman–Crippen LogP) is 4.78. The van der Waals surface area contributed by atoms with Crippen molar-refractivity contribution in [3.63, 3.8) is 0 Å². The molecule has 1 aromatic carbocycles. The lowest BCUT2D eigenvalue weighted by atomic mass is 10.1. The van der Waals surface area contributed by atoms with Crippen LogP contribution in [0.15, 0.2) is 60.9 Å². The van der Waals surface area contributed by atoms with Crippen LogP contribution >= 0.6 is 0 Å². The lowest BCUT2D eigenvalue weighted by Crippen LogP contribution is -2.04. The van der Waals surface area contributed by atoms with E-state index in [0.717, 1.165) is 76.7 Å². The molecule has 0 N–H and O–H groups in total. The van der Waals surface area contributed by atoms with E-state index in [1.165, 1.54) is 6.42 Å². The number of aromatic nitrogens is 7. The first kappa shape index (κ1) is 18.9. The molecular formula is C25H23N7. The van der Waals surface area contributed by atoms with Crippen molar-refractivity contribution in [2.75, 3.05) is 0 Å². The van der Waals surface area contributed by atoms with E-state index in [1.54, 1.807) is 6.20 Å². The van der Waals surface area contributed by atoms with E-state index in [-0.39, 0.29) is 0 Å². The Labute approximate surface area is 185 Å². The Balaban J connectivity index is 1.66. The average Bonchev–Trinajstić information content (AvgIpc) is 3.31. The van der Waals surface area contributed by atoms with E-state index in [2.05, 4.69) is 25.8 Å². The zero-order valence-electron chi connectivity index (χ0n) is 17.9. The molecule has 0 fully saturated rings. The summed E-state index contributed by atoms with van der Waals surface area (Å²) in [4.78, 5) is 9.35. The molecule has 0 spiro atoms. The fraction of sp³-hybridized carbons (Fsp3) is 0.240. The lowest BCUT2D eigenvalue weighted by Gasteiger charge is -2.11. The minimum atomic E-state index is 0.816. The van der Waals surface area contributed by atoms with Gasteiger partial charge in [-0.3, -0.25) is 4.98 Å². The zero-order chi connectivity index (χ0) is 21.5. The molecule has 5 aromatic rings.